The summed E-state index contributed by atoms with van der Waals surface area (Å²) in [6, 6.07) is 4.55. The third-order valence-electron chi connectivity index (χ3n) is 5.25. The Labute approximate surface area is 148 Å². The van der Waals surface area contributed by atoms with Crippen LogP contribution in [0.15, 0.2) is 6.07 Å². The van der Waals surface area contributed by atoms with E-state index in [2.05, 4.69) is 16.0 Å². The van der Waals surface area contributed by atoms with E-state index in [1.54, 1.807) is 0 Å². The minimum Gasteiger partial charge on any atom is -0.452 e. The van der Waals surface area contributed by atoms with E-state index in [1.807, 2.05) is 19.9 Å². The highest BCUT2D eigenvalue weighted by atomic mass is 16.5. The predicted octanol–water partition coefficient (Wildman–Crippen LogP) is 2.94. The normalized spacial score (nSPS) is 19.1. The molecule has 2 aliphatic rings. The van der Waals surface area contributed by atoms with Gasteiger partial charge in [-0.3, -0.25) is 4.79 Å². The molecular formula is C19H25N3O3. The van der Waals surface area contributed by atoms with E-state index in [0.29, 0.717) is 24.4 Å². The molecule has 6 nitrogen and oxygen atoms in total. The van der Waals surface area contributed by atoms with Crippen molar-refractivity contribution in [1.29, 1.82) is 5.26 Å². The van der Waals surface area contributed by atoms with Crippen molar-refractivity contribution in [3.8, 4) is 6.07 Å². The van der Waals surface area contributed by atoms with Gasteiger partial charge in [-0.15, -0.1) is 0 Å². The van der Waals surface area contributed by atoms with Crippen LogP contribution >= 0.6 is 0 Å². The maximum Gasteiger partial charge on any atom is 0.340 e. The number of esters is 1. The number of rotatable bonds is 5. The molecule has 1 aromatic heterocycles. The Kier molecular flexibility index (Phi) is 4.85. The fourth-order valence-corrected chi connectivity index (χ4v) is 3.81. The molecule has 1 amide bonds. The number of amides is 1. The van der Waals surface area contributed by atoms with Crippen LogP contribution in [0.25, 0.3) is 0 Å². The predicted molar refractivity (Wildman–Crippen MR) is 92.0 cm³/mol. The molecule has 2 fully saturated rings. The van der Waals surface area contributed by atoms with Gasteiger partial charge >= 0.3 is 5.97 Å². The second kappa shape index (κ2) is 6.91. The molecule has 0 aliphatic heterocycles. The largest absolute Gasteiger partial charge is 0.452 e. The molecule has 0 aromatic carbocycles. The van der Waals surface area contributed by atoms with Gasteiger partial charge in [0.2, 0.25) is 0 Å². The van der Waals surface area contributed by atoms with Crippen molar-refractivity contribution < 1.29 is 14.3 Å². The second-order valence-electron chi connectivity index (χ2n) is 7.26. The molecule has 2 aliphatic carbocycles. The summed E-state index contributed by atoms with van der Waals surface area (Å²) >= 11 is 0. The molecule has 0 radical (unpaired) electrons. The van der Waals surface area contributed by atoms with E-state index in [4.69, 9.17) is 4.74 Å². The molecule has 3 rings (SSSR count). The maximum absolute atomic E-state index is 12.3. The lowest BCUT2D eigenvalue weighted by atomic mass is 9.83. The Balaban J connectivity index is 1.58. The number of carbonyl (C=O) groups is 2. The zero-order valence-corrected chi connectivity index (χ0v) is 14.9. The Morgan fingerprint density at radius 2 is 2.00 bits per heavy atom. The van der Waals surface area contributed by atoms with Crippen molar-refractivity contribution in [2.24, 2.45) is 0 Å². The number of aromatic nitrogens is 1. The third-order valence-corrected chi connectivity index (χ3v) is 5.25. The van der Waals surface area contributed by atoms with Gasteiger partial charge in [0.05, 0.1) is 11.6 Å². The summed E-state index contributed by atoms with van der Waals surface area (Å²) in [7, 11) is 0. The average Bonchev–Trinajstić information content (AvgIpc) is 3.38. The van der Waals surface area contributed by atoms with Gasteiger partial charge in [-0.2, -0.15) is 5.26 Å². The van der Waals surface area contributed by atoms with Crippen LogP contribution in [0.4, 0.5) is 0 Å². The highest BCUT2D eigenvalue weighted by molar-refractivity contribution is 5.93. The van der Waals surface area contributed by atoms with Crippen LogP contribution in [0.3, 0.4) is 0 Å². The van der Waals surface area contributed by atoms with Gasteiger partial charge < -0.3 is 14.6 Å². The van der Waals surface area contributed by atoms with Crippen molar-refractivity contribution in [3.05, 3.63) is 23.0 Å². The van der Waals surface area contributed by atoms with Crippen LogP contribution in [-0.2, 0) is 9.53 Å². The molecule has 2 saturated carbocycles. The number of nitriles is 1. The van der Waals surface area contributed by atoms with Crippen molar-refractivity contribution in [3.63, 3.8) is 0 Å². The van der Waals surface area contributed by atoms with E-state index in [0.717, 1.165) is 43.5 Å². The standard InChI is InChI=1S/C19H25N3O3/c1-13-10-16(14(2)22(13)15-6-7-15)18(24)25-11-17(23)21-19(12-20)8-4-3-5-9-19/h10,15H,3-9,11H2,1-2H3,(H,21,23). The molecular weight excluding hydrogens is 318 g/mol. The van der Waals surface area contributed by atoms with Gasteiger partial charge in [-0.1, -0.05) is 19.3 Å². The first kappa shape index (κ1) is 17.5. The summed E-state index contributed by atoms with van der Waals surface area (Å²) in [5.74, 6) is -0.891. The fourth-order valence-electron chi connectivity index (χ4n) is 3.81. The summed E-state index contributed by atoms with van der Waals surface area (Å²) in [5, 5.41) is 12.2. The Bertz CT molecular complexity index is 719. The number of ether oxygens (including phenoxy) is 1. The number of aryl methyl sites for hydroxylation is 1. The number of hydrogen-bond acceptors (Lipinski definition) is 4. The fraction of sp³-hybridized carbons (Fsp3) is 0.632. The summed E-state index contributed by atoms with van der Waals surface area (Å²) in [4.78, 5) is 24.5. The minimum atomic E-state index is -0.802. The second-order valence-corrected chi connectivity index (χ2v) is 7.26. The van der Waals surface area contributed by atoms with Crippen molar-refractivity contribution in [2.45, 2.75) is 70.4 Å². The molecule has 6 heteroatoms. The van der Waals surface area contributed by atoms with E-state index >= 15 is 0 Å². The molecule has 1 heterocycles. The lowest BCUT2D eigenvalue weighted by molar-refractivity contribution is -0.125. The van der Waals surface area contributed by atoms with E-state index < -0.39 is 17.4 Å². The van der Waals surface area contributed by atoms with Gasteiger partial charge in [0, 0.05) is 17.4 Å². The molecule has 0 atom stereocenters. The first-order chi connectivity index (χ1) is 12.0. The van der Waals surface area contributed by atoms with Crippen LogP contribution in [0.2, 0.25) is 0 Å². The van der Waals surface area contributed by atoms with Crippen LogP contribution in [0, 0.1) is 25.2 Å². The van der Waals surface area contributed by atoms with Gasteiger partial charge in [-0.05, 0) is 45.6 Å². The molecule has 0 saturated heterocycles. The highest BCUT2D eigenvalue weighted by Gasteiger charge is 2.34. The topological polar surface area (TPSA) is 84.1 Å². The molecule has 134 valence electrons. The van der Waals surface area contributed by atoms with E-state index in [9.17, 15) is 14.9 Å². The van der Waals surface area contributed by atoms with E-state index in [1.165, 1.54) is 0 Å². The number of nitrogens with one attached hydrogen (secondary N) is 1. The smallest absolute Gasteiger partial charge is 0.340 e. The maximum atomic E-state index is 12.3. The van der Waals surface area contributed by atoms with Gasteiger partial charge in [0.15, 0.2) is 6.61 Å². The summed E-state index contributed by atoms with van der Waals surface area (Å²) in [6.07, 6.45) is 6.55. The summed E-state index contributed by atoms with van der Waals surface area (Å²) in [6.45, 7) is 3.54. The SMILES string of the molecule is Cc1cc(C(=O)OCC(=O)NC2(C#N)CCCCC2)c(C)n1C1CC1. The minimum absolute atomic E-state index is 0.352. The van der Waals surface area contributed by atoms with Gasteiger partial charge in [0.25, 0.3) is 5.91 Å². The molecule has 0 spiro atoms. The lowest BCUT2D eigenvalue weighted by Crippen LogP contribution is -2.50. The molecule has 1 aromatic rings. The van der Waals surface area contributed by atoms with Crippen molar-refractivity contribution >= 4 is 11.9 Å². The number of carbonyl (C=O) groups excluding carboxylic acids is 2. The highest BCUT2D eigenvalue weighted by Crippen LogP contribution is 2.38. The zero-order chi connectivity index (χ0) is 18.0. The molecule has 0 unspecified atom stereocenters. The quantitative estimate of drug-likeness (QED) is 0.833. The average molecular weight is 343 g/mol. The van der Waals surface area contributed by atoms with Crippen LogP contribution in [-0.4, -0.2) is 28.6 Å². The zero-order valence-electron chi connectivity index (χ0n) is 14.9. The van der Waals surface area contributed by atoms with Crippen LogP contribution in [0.5, 0.6) is 0 Å². The van der Waals surface area contributed by atoms with Gasteiger partial charge in [0.1, 0.15) is 5.54 Å². The molecule has 25 heavy (non-hydrogen) atoms. The molecule has 1 N–H and O–H groups in total. The molecule has 0 bridgehead atoms. The Morgan fingerprint density at radius 3 is 2.60 bits per heavy atom. The Hall–Kier alpha value is -2.29. The lowest BCUT2D eigenvalue weighted by Gasteiger charge is -2.31. The first-order valence-corrected chi connectivity index (χ1v) is 9.03. The summed E-state index contributed by atoms with van der Waals surface area (Å²) < 4.78 is 7.37. The summed E-state index contributed by atoms with van der Waals surface area (Å²) in [5.41, 5.74) is 1.65. The first-order valence-electron chi connectivity index (χ1n) is 9.03. The number of nitrogens with zero attached hydrogens (tertiary/aromatic N) is 2. The Morgan fingerprint density at radius 1 is 1.32 bits per heavy atom. The number of hydrogen-bond donors (Lipinski definition) is 1. The van der Waals surface area contributed by atoms with Crippen molar-refractivity contribution in [2.75, 3.05) is 6.61 Å². The van der Waals surface area contributed by atoms with Crippen molar-refractivity contribution in [1.82, 2.24) is 9.88 Å². The third kappa shape index (κ3) is 3.71. The van der Waals surface area contributed by atoms with Gasteiger partial charge in [-0.25, -0.2) is 4.79 Å². The monoisotopic (exact) mass is 343 g/mol. The van der Waals surface area contributed by atoms with Crippen LogP contribution in [0.1, 0.15) is 72.7 Å². The van der Waals surface area contributed by atoms with Crippen LogP contribution < -0.4 is 5.32 Å². The van der Waals surface area contributed by atoms with E-state index in [-0.39, 0.29) is 6.61 Å².